The van der Waals surface area contributed by atoms with E-state index in [-0.39, 0.29) is 10.8 Å². The molecule has 18 heavy (non-hydrogen) atoms. The van der Waals surface area contributed by atoms with E-state index in [0.717, 1.165) is 5.56 Å². The highest BCUT2D eigenvalue weighted by Gasteiger charge is 2.48. The van der Waals surface area contributed by atoms with Crippen LogP contribution >= 0.6 is 0 Å². The number of fused-ring (bicyclic) bond motifs is 1. The van der Waals surface area contributed by atoms with Gasteiger partial charge in [-0.15, -0.1) is 0 Å². The molecule has 0 spiro atoms. The zero-order chi connectivity index (χ0) is 13.9. The third-order valence-corrected chi connectivity index (χ3v) is 5.15. The number of benzene rings is 1. The maximum atomic E-state index is 11.3. The Morgan fingerprint density at radius 3 is 2.00 bits per heavy atom. The lowest BCUT2D eigenvalue weighted by Gasteiger charge is -2.32. The van der Waals surface area contributed by atoms with E-state index in [0.29, 0.717) is 11.5 Å². The molecule has 1 unspecified atom stereocenters. The molecule has 0 aromatic heterocycles. The number of hydrogen-bond donors (Lipinski definition) is 1. The molecule has 0 radical (unpaired) electrons. The Hall–Kier alpha value is -1.31. The Balaban J connectivity index is 2.76. The first-order chi connectivity index (χ1) is 8.10. The first kappa shape index (κ1) is 13.1. The lowest BCUT2D eigenvalue weighted by molar-refractivity contribution is 0.0696. The van der Waals surface area contributed by atoms with Gasteiger partial charge in [-0.2, -0.15) is 0 Å². The van der Waals surface area contributed by atoms with Crippen LogP contribution < -0.4 is 0 Å². The van der Waals surface area contributed by atoms with Crippen LogP contribution in [0, 0.1) is 12.8 Å². The van der Waals surface area contributed by atoms with Crippen molar-refractivity contribution in [3.8, 4) is 0 Å². The number of aromatic carboxylic acids is 1. The molecule has 1 aromatic rings. The van der Waals surface area contributed by atoms with Crippen molar-refractivity contribution in [3.05, 3.63) is 34.4 Å². The van der Waals surface area contributed by atoms with Crippen LogP contribution in [0.5, 0.6) is 0 Å². The Labute approximate surface area is 109 Å². The molecule has 0 amide bonds. The lowest BCUT2D eigenvalue weighted by Crippen LogP contribution is -2.30. The van der Waals surface area contributed by atoms with Gasteiger partial charge >= 0.3 is 5.97 Å². The third kappa shape index (κ3) is 1.51. The zero-order valence-electron chi connectivity index (χ0n) is 12.1. The van der Waals surface area contributed by atoms with Crippen molar-refractivity contribution in [2.45, 2.75) is 52.4 Å². The first-order valence-corrected chi connectivity index (χ1v) is 6.49. The number of carboxylic acids is 1. The fourth-order valence-corrected chi connectivity index (χ4v) is 3.37. The first-order valence-electron chi connectivity index (χ1n) is 6.49. The van der Waals surface area contributed by atoms with Gasteiger partial charge in [-0.1, -0.05) is 40.7 Å². The van der Waals surface area contributed by atoms with Gasteiger partial charge in [0.05, 0.1) is 5.56 Å². The van der Waals surface area contributed by atoms with Gasteiger partial charge in [0, 0.05) is 0 Å². The van der Waals surface area contributed by atoms with E-state index in [1.807, 2.05) is 13.0 Å². The largest absolute Gasteiger partial charge is 0.478 e. The molecule has 1 aliphatic rings. The third-order valence-electron chi connectivity index (χ3n) is 5.15. The summed E-state index contributed by atoms with van der Waals surface area (Å²) in [5, 5.41) is 9.26. The van der Waals surface area contributed by atoms with E-state index in [9.17, 15) is 9.90 Å². The van der Waals surface area contributed by atoms with Crippen LogP contribution in [0.25, 0.3) is 0 Å². The van der Waals surface area contributed by atoms with E-state index >= 15 is 0 Å². The summed E-state index contributed by atoms with van der Waals surface area (Å²) in [6.45, 7) is 13.1. The van der Waals surface area contributed by atoms with Gasteiger partial charge in [0.15, 0.2) is 0 Å². The molecule has 0 aliphatic heterocycles. The number of carbonyl (C=O) groups is 1. The molecule has 1 atom stereocenters. The standard InChI is InChI=1S/C16H22O2/c1-9-7-12-13(8-11(9)14(17)18)16(5,6)10(2)15(12,3)4/h7-8,10H,1-6H3,(H,17,18). The minimum atomic E-state index is -0.830. The van der Waals surface area contributed by atoms with Crippen LogP contribution in [-0.2, 0) is 10.8 Å². The van der Waals surface area contributed by atoms with Crippen LogP contribution in [0.15, 0.2) is 12.1 Å². The van der Waals surface area contributed by atoms with Gasteiger partial charge in [0.25, 0.3) is 0 Å². The fraction of sp³-hybridized carbons (Fsp3) is 0.562. The summed E-state index contributed by atoms with van der Waals surface area (Å²) < 4.78 is 0. The SMILES string of the molecule is Cc1cc2c(cc1C(=O)O)C(C)(C)C(C)C2(C)C. The summed E-state index contributed by atoms with van der Waals surface area (Å²) in [5.41, 5.74) is 3.92. The minimum Gasteiger partial charge on any atom is -0.478 e. The van der Waals surface area contributed by atoms with E-state index in [2.05, 4.69) is 40.7 Å². The molecule has 2 nitrogen and oxygen atoms in total. The smallest absolute Gasteiger partial charge is 0.335 e. The van der Waals surface area contributed by atoms with Gasteiger partial charge < -0.3 is 5.11 Å². The number of hydrogen-bond acceptors (Lipinski definition) is 1. The normalized spacial score (nSPS) is 23.8. The average Bonchev–Trinajstić information content (AvgIpc) is 2.37. The molecule has 1 N–H and O–H groups in total. The molecule has 0 heterocycles. The maximum absolute atomic E-state index is 11.3. The molecule has 1 aromatic carbocycles. The van der Waals surface area contributed by atoms with Crippen LogP contribution in [0.3, 0.4) is 0 Å². The van der Waals surface area contributed by atoms with Crippen LogP contribution in [0.2, 0.25) is 0 Å². The van der Waals surface area contributed by atoms with Gasteiger partial charge in [0.1, 0.15) is 0 Å². The Bertz CT molecular complexity index is 524. The molecular formula is C16H22O2. The molecule has 98 valence electrons. The topological polar surface area (TPSA) is 37.3 Å². The Kier molecular flexibility index (Phi) is 2.62. The Morgan fingerprint density at radius 1 is 1.11 bits per heavy atom. The molecular weight excluding hydrogens is 224 g/mol. The summed E-state index contributed by atoms with van der Waals surface area (Å²) in [6, 6.07) is 3.96. The minimum absolute atomic E-state index is 0.0245. The van der Waals surface area contributed by atoms with Crippen LogP contribution in [-0.4, -0.2) is 11.1 Å². The van der Waals surface area contributed by atoms with Crippen molar-refractivity contribution in [1.82, 2.24) is 0 Å². The predicted octanol–water partition coefficient (Wildman–Crippen LogP) is 3.90. The number of rotatable bonds is 1. The lowest BCUT2D eigenvalue weighted by atomic mass is 9.71. The van der Waals surface area contributed by atoms with E-state index < -0.39 is 5.97 Å². The van der Waals surface area contributed by atoms with E-state index in [1.54, 1.807) is 0 Å². The highest BCUT2D eigenvalue weighted by molar-refractivity contribution is 5.90. The molecule has 0 fully saturated rings. The summed E-state index contributed by atoms with van der Waals surface area (Å²) in [5.74, 6) is -0.341. The van der Waals surface area contributed by atoms with Crippen molar-refractivity contribution in [2.24, 2.45) is 5.92 Å². The summed E-state index contributed by atoms with van der Waals surface area (Å²) >= 11 is 0. The monoisotopic (exact) mass is 246 g/mol. The molecule has 0 saturated carbocycles. The summed E-state index contributed by atoms with van der Waals surface area (Å²) in [6.07, 6.45) is 0. The quantitative estimate of drug-likeness (QED) is 0.816. The highest BCUT2D eigenvalue weighted by atomic mass is 16.4. The van der Waals surface area contributed by atoms with Gasteiger partial charge in [-0.05, 0) is 46.4 Å². The van der Waals surface area contributed by atoms with Crippen molar-refractivity contribution in [1.29, 1.82) is 0 Å². The molecule has 2 rings (SSSR count). The predicted molar refractivity (Wildman–Crippen MR) is 73.4 cm³/mol. The molecule has 0 saturated heterocycles. The maximum Gasteiger partial charge on any atom is 0.335 e. The van der Waals surface area contributed by atoms with Gasteiger partial charge in [0.2, 0.25) is 0 Å². The fourth-order valence-electron chi connectivity index (χ4n) is 3.37. The van der Waals surface area contributed by atoms with Crippen LogP contribution in [0.4, 0.5) is 0 Å². The van der Waals surface area contributed by atoms with Crippen molar-refractivity contribution in [2.75, 3.05) is 0 Å². The number of carboxylic acid groups (broad SMARTS) is 1. The van der Waals surface area contributed by atoms with Crippen molar-refractivity contribution >= 4 is 5.97 Å². The van der Waals surface area contributed by atoms with E-state index in [4.69, 9.17) is 0 Å². The van der Waals surface area contributed by atoms with Gasteiger partial charge in [-0.3, -0.25) is 0 Å². The van der Waals surface area contributed by atoms with Crippen molar-refractivity contribution in [3.63, 3.8) is 0 Å². The second-order valence-corrected chi connectivity index (χ2v) is 6.68. The second kappa shape index (κ2) is 3.59. The second-order valence-electron chi connectivity index (χ2n) is 6.68. The average molecular weight is 246 g/mol. The van der Waals surface area contributed by atoms with Gasteiger partial charge in [-0.25, -0.2) is 4.79 Å². The zero-order valence-corrected chi connectivity index (χ0v) is 12.1. The summed E-state index contributed by atoms with van der Waals surface area (Å²) in [7, 11) is 0. The van der Waals surface area contributed by atoms with Crippen LogP contribution in [0.1, 0.15) is 61.7 Å². The van der Waals surface area contributed by atoms with Crippen molar-refractivity contribution < 1.29 is 9.90 Å². The molecule has 0 bridgehead atoms. The summed E-state index contributed by atoms with van der Waals surface area (Å²) in [4.78, 5) is 11.3. The number of aryl methyl sites for hydroxylation is 1. The highest BCUT2D eigenvalue weighted by Crippen LogP contribution is 2.53. The molecule has 1 aliphatic carbocycles. The van der Waals surface area contributed by atoms with E-state index in [1.165, 1.54) is 11.1 Å². The Morgan fingerprint density at radius 2 is 1.56 bits per heavy atom. The molecule has 2 heteroatoms.